The van der Waals surface area contributed by atoms with Crippen LogP contribution in [0.4, 0.5) is 0 Å². The van der Waals surface area contributed by atoms with Gasteiger partial charge in [-0.05, 0) is 69.7 Å². The fourth-order valence-electron chi connectivity index (χ4n) is 4.58. The molecule has 29 heavy (non-hydrogen) atoms. The van der Waals surface area contributed by atoms with Gasteiger partial charge in [0.25, 0.3) is 5.91 Å². The van der Waals surface area contributed by atoms with E-state index in [1.54, 1.807) is 30.5 Å². The Hall–Kier alpha value is -2.53. The van der Waals surface area contributed by atoms with Crippen molar-refractivity contribution >= 4 is 11.7 Å². The molecule has 1 heterocycles. The van der Waals surface area contributed by atoms with E-state index in [0.29, 0.717) is 17.2 Å². The first-order chi connectivity index (χ1) is 14.0. The third-order valence-corrected chi connectivity index (χ3v) is 6.53. The van der Waals surface area contributed by atoms with E-state index in [4.69, 9.17) is 0 Å². The molecule has 0 saturated heterocycles. The lowest BCUT2D eigenvalue weighted by Gasteiger charge is -2.42. The molecule has 2 aromatic rings. The standard InChI is InChI=1S/C24H28N2O3/c1-17(28)18-5-7-19(8-6-18)23(29)26(20-9-10-20)21-11-13-24(16-27,14-12-21)22-4-2-3-15-25-22/h2-8,15,20-21,27H,9-14,16H2,1H3/t21-,24-. The number of hydrogen-bond acceptors (Lipinski definition) is 4. The van der Waals surface area contributed by atoms with Crippen LogP contribution in [0.3, 0.4) is 0 Å². The Kier molecular flexibility index (Phi) is 5.50. The van der Waals surface area contributed by atoms with E-state index < -0.39 is 0 Å². The summed E-state index contributed by atoms with van der Waals surface area (Å²) in [5.74, 6) is 0.0622. The van der Waals surface area contributed by atoms with E-state index in [-0.39, 0.29) is 29.8 Å². The quantitative estimate of drug-likeness (QED) is 0.760. The molecule has 2 saturated carbocycles. The van der Waals surface area contributed by atoms with Crippen LogP contribution in [0.5, 0.6) is 0 Å². The van der Waals surface area contributed by atoms with Gasteiger partial charge in [-0.15, -0.1) is 0 Å². The summed E-state index contributed by atoms with van der Waals surface area (Å²) < 4.78 is 0. The zero-order valence-corrected chi connectivity index (χ0v) is 16.9. The number of ketones is 1. The Morgan fingerprint density at radius 1 is 1.00 bits per heavy atom. The Labute approximate surface area is 171 Å². The van der Waals surface area contributed by atoms with Gasteiger partial charge in [-0.2, -0.15) is 0 Å². The lowest BCUT2D eigenvalue weighted by atomic mass is 9.70. The van der Waals surface area contributed by atoms with Crippen molar-refractivity contribution in [3.8, 4) is 0 Å². The molecule has 4 rings (SSSR count). The summed E-state index contributed by atoms with van der Waals surface area (Å²) in [7, 11) is 0. The van der Waals surface area contributed by atoms with Gasteiger partial charge < -0.3 is 10.0 Å². The monoisotopic (exact) mass is 392 g/mol. The van der Waals surface area contributed by atoms with Crippen molar-refractivity contribution in [1.29, 1.82) is 0 Å². The Morgan fingerprint density at radius 2 is 1.62 bits per heavy atom. The van der Waals surface area contributed by atoms with Crippen molar-refractivity contribution in [1.82, 2.24) is 9.88 Å². The number of Topliss-reactive ketones (excluding diaryl/α,β-unsaturated/α-hetero) is 1. The number of pyridine rings is 1. The zero-order chi connectivity index (χ0) is 20.4. The normalized spacial score (nSPS) is 24.1. The number of amides is 1. The van der Waals surface area contributed by atoms with Gasteiger partial charge in [0, 0.05) is 40.5 Å². The van der Waals surface area contributed by atoms with Gasteiger partial charge in [-0.25, -0.2) is 0 Å². The Morgan fingerprint density at radius 3 is 2.14 bits per heavy atom. The zero-order valence-electron chi connectivity index (χ0n) is 16.9. The second kappa shape index (κ2) is 8.07. The van der Waals surface area contributed by atoms with Gasteiger partial charge in [-0.3, -0.25) is 14.6 Å². The van der Waals surface area contributed by atoms with Gasteiger partial charge >= 0.3 is 0 Å². The molecule has 0 spiro atoms. The minimum Gasteiger partial charge on any atom is -0.395 e. The highest BCUT2D eigenvalue weighted by Crippen LogP contribution is 2.42. The van der Waals surface area contributed by atoms with Crippen LogP contribution in [0.25, 0.3) is 0 Å². The van der Waals surface area contributed by atoms with Crippen molar-refractivity contribution < 1.29 is 14.7 Å². The van der Waals surface area contributed by atoms with Crippen LogP contribution in [-0.4, -0.2) is 45.4 Å². The predicted molar refractivity (Wildman–Crippen MR) is 111 cm³/mol. The van der Waals surface area contributed by atoms with Crippen LogP contribution in [-0.2, 0) is 5.41 Å². The summed E-state index contributed by atoms with van der Waals surface area (Å²) in [6.45, 7) is 1.62. The van der Waals surface area contributed by atoms with Crippen molar-refractivity contribution in [2.45, 2.75) is 62.9 Å². The Bertz CT molecular complexity index is 867. The van der Waals surface area contributed by atoms with Crippen molar-refractivity contribution in [3.05, 3.63) is 65.5 Å². The minimum atomic E-state index is -0.306. The molecule has 1 N–H and O–H groups in total. The number of benzene rings is 1. The summed E-state index contributed by atoms with van der Waals surface area (Å²) >= 11 is 0. The smallest absolute Gasteiger partial charge is 0.254 e. The van der Waals surface area contributed by atoms with Gasteiger partial charge in [0.05, 0.1) is 6.61 Å². The molecule has 0 bridgehead atoms. The van der Waals surface area contributed by atoms with Crippen LogP contribution in [0.2, 0.25) is 0 Å². The summed E-state index contributed by atoms with van der Waals surface area (Å²) in [6, 6.07) is 13.4. The molecule has 152 valence electrons. The molecule has 0 aliphatic heterocycles. The summed E-state index contributed by atoms with van der Waals surface area (Å²) in [5.41, 5.74) is 1.91. The number of rotatable bonds is 6. The van der Waals surface area contributed by atoms with Crippen LogP contribution in [0.1, 0.15) is 71.9 Å². The van der Waals surface area contributed by atoms with Gasteiger partial charge in [-0.1, -0.05) is 18.2 Å². The maximum Gasteiger partial charge on any atom is 0.254 e. The van der Waals surface area contributed by atoms with Gasteiger partial charge in [0.2, 0.25) is 0 Å². The van der Waals surface area contributed by atoms with E-state index in [2.05, 4.69) is 9.88 Å². The molecule has 2 aliphatic rings. The molecule has 5 heteroatoms. The minimum absolute atomic E-state index is 0.00481. The van der Waals surface area contributed by atoms with E-state index in [9.17, 15) is 14.7 Å². The second-order valence-electron chi connectivity index (χ2n) is 8.46. The highest BCUT2D eigenvalue weighted by Gasteiger charge is 2.43. The summed E-state index contributed by atoms with van der Waals surface area (Å²) in [4.78, 5) is 31.4. The maximum atomic E-state index is 13.3. The van der Waals surface area contributed by atoms with Crippen LogP contribution in [0.15, 0.2) is 48.7 Å². The molecule has 0 atom stereocenters. The van der Waals surface area contributed by atoms with E-state index in [1.807, 2.05) is 18.2 Å². The average Bonchev–Trinajstić information content (AvgIpc) is 3.60. The number of carbonyl (C=O) groups excluding carboxylic acids is 2. The molecule has 1 amide bonds. The first-order valence-electron chi connectivity index (χ1n) is 10.5. The van der Waals surface area contributed by atoms with Crippen LogP contribution < -0.4 is 0 Å². The largest absolute Gasteiger partial charge is 0.395 e. The van der Waals surface area contributed by atoms with E-state index >= 15 is 0 Å². The van der Waals surface area contributed by atoms with Crippen LogP contribution >= 0.6 is 0 Å². The molecule has 1 aromatic carbocycles. The average molecular weight is 392 g/mol. The van der Waals surface area contributed by atoms with Crippen molar-refractivity contribution in [3.63, 3.8) is 0 Å². The van der Waals surface area contributed by atoms with Crippen molar-refractivity contribution in [2.75, 3.05) is 6.61 Å². The number of aliphatic hydroxyl groups excluding tert-OH is 1. The lowest BCUT2D eigenvalue weighted by molar-refractivity contribution is 0.0514. The molecule has 5 nitrogen and oxygen atoms in total. The summed E-state index contributed by atoms with van der Waals surface area (Å²) in [6.07, 6.45) is 7.27. The fraction of sp³-hybridized carbons (Fsp3) is 0.458. The number of aliphatic hydroxyl groups is 1. The number of carbonyl (C=O) groups is 2. The molecule has 2 aliphatic carbocycles. The first kappa shape index (κ1) is 19.8. The molecular formula is C24H28N2O3. The second-order valence-corrected chi connectivity index (χ2v) is 8.46. The highest BCUT2D eigenvalue weighted by molar-refractivity contribution is 5.98. The fourth-order valence-corrected chi connectivity index (χ4v) is 4.58. The number of nitrogens with zero attached hydrogens (tertiary/aromatic N) is 2. The van der Waals surface area contributed by atoms with Gasteiger partial charge in [0.1, 0.15) is 0 Å². The maximum absolute atomic E-state index is 13.3. The van der Waals surface area contributed by atoms with E-state index in [0.717, 1.165) is 44.2 Å². The molecule has 0 unspecified atom stereocenters. The SMILES string of the molecule is CC(=O)c1ccc(C(=O)N(C2CC2)[C@H]2CC[C@](CO)(c3ccccn3)CC2)cc1. The number of hydrogen-bond donors (Lipinski definition) is 1. The van der Waals surface area contributed by atoms with Crippen molar-refractivity contribution in [2.24, 2.45) is 0 Å². The molecule has 0 radical (unpaired) electrons. The van der Waals surface area contributed by atoms with Gasteiger partial charge in [0.15, 0.2) is 5.78 Å². The number of aromatic nitrogens is 1. The molecule has 1 aromatic heterocycles. The van der Waals surface area contributed by atoms with Crippen LogP contribution in [0, 0.1) is 0 Å². The summed E-state index contributed by atoms with van der Waals surface area (Å²) in [5, 5.41) is 10.2. The predicted octanol–water partition coefficient (Wildman–Crippen LogP) is 3.76. The first-order valence-corrected chi connectivity index (χ1v) is 10.5. The van der Waals surface area contributed by atoms with E-state index in [1.165, 1.54) is 6.92 Å². The Balaban J connectivity index is 1.50. The third kappa shape index (κ3) is 3.97. The highest BCUT2D eigenvalue weighted by atomic mass is 16.3. The lowest BCUT2D eigenvalue weighted by Crippen LogP contribution is -2.47. The third-order valence-electron chi connectivity index (χ3n) is 6.53. The molecule has 2 fully saturated rings. The topological polar surface area (TPSA) is 70.5 Å². The molecular weight excluding hydrogens is 364 g/mol.